The number of carbonyl (C=O) groups excluding carboxylic acids is 1. The zero-order chi connectivity index (χ0) is 16.3. The highest BCUT2D eigenvalue weighted by molar-refractivity contribution is 5.81. The highest BCUT2D eigenvalue weighted by Crippen LogP contribution is 2.24. The SMILES string of the molecule is CN(C(=O)C(C)(C)C)C1CCCN(c2ccc(C#N)cn2)C1. The summed E-state index contributed by atoms with van der Waals surface area (Å²) in [6.45, 7) is 7.59. The minimum absolute atomic E-state index is 0.173. The Hall–Kier alpha value is -2.09. The molecule has 0 radical (unpaired) electrons. The fourth-order valence-corrected chi connectivity index (χ4v) is 2.81. The highest BCUT2D eigenvalue weighted by Gasteiger charge is 2.32. The van der Waals surface area contributed by atoms with Gasteiger partial charge in [-0.1, -0.05) is 20.8 Å². The van der Waals surface area contributed by atoms with Crippen molar-refractivity contribution >= 4 is 11.7 Å². The number of nitriles is 1. The lowest BCUT2D eigenvalue weighted by atomic mass is 9.93. The Morgan fingerprint density at radius 2 is 2.18 bits per heavy atom. The van der Waals surface area contributed by atoms with E-state index in [1.807, 2.05) is 38.8 Å². The van der Waals surface area contributed by atoms with E-state index in [1.54, 1.807) is 12.3 Å². The standard InChI is InChI=1S/C17H24N4O/c1-17(2,3)16(22)20(4)14-6-5-9-21(12-14)15-8-7-13(10-18)11-19-15/h7-8,11,14H,5-6,9,12H2,1-4H3. The zero-order valence-electron chi connectivity index (χ0n) is 13.8. The van der Waals surface area contributed by atoms with Gasteiger partial charge < -0.3 is 9.80 Å². The van der Waals surface area contributed by atoms with Crippen LogP contribution in [0.5, 0.6) is 0 Å². The number of anilines is 1. The Kier molecular flexibility index (Phi) is 4.70. The van der Waals surface area contributed by atoms with Crippen LogP contribution in [0.1, 0.15) is 39.2 Å². The van der Waals surface area contributed by atoms with Crippen molar-refractivity contribution in [2.45, 2.75) is 39.7 Å². The Morgan fingerprint density at radius 1 is 1.45 bits per heavy atom. The van der Waals surface area contributed by atoms with Gasteiger partial charge in [0.2, 0.25) is 5.91 Å². The number of likely N-dealkylation sites (N-methyl/N-ethyl adjacent to an activating group) is 1. The molecule has 0 N–H and O–H groups in total. The normalized spacial score (nSPS) is 18.7. The van der Waals surface area contributed by atoms with Gasteiger partial charge in [-0.05, 0) is 25.0 Å². The fraction of sp³-hybridized carbons (Fsp3) is 0.588. The van der Waals surface area contributed by atoms with E-state index < -0.39 is 0 Å². The van der Waals surface area contributed by atoms with Gasteiger partial charge in [0.25, 0.3) is 0 Å². The lowest BCUT2D eigenvalue weighted by Gasteiger charge is -2.40. The van der Waals surface area contributed by atoms with Gasteiger partial charge in [-0.3, -0.25) is 4.79 Å². The fourth-order valence-electron chi connectivity index (χ4n) is 2.81. The molecule has 1 fully saturated rings. The first-order valence-electron chi connectivity index (χ1n) is 7.71. The highest BCUT2D eigenvalue weighted by atomic mass is 16.2. The monoisotopic (exact) mass is 300 g/mol. The van der Waals surface area contributed by atoms with Crippen LogP contribution in [0.4, 0.5) is 5.82 Å². The van der Waals surface area contributed by atoms with Crippen molar-refractivity contribution in [2.75, 3.05) is 25.0 Å². The maximum Gasteiger partial charge on any atom is 0.227 e. The van der Waals surface area contributed by atoms with E-state index in [9.17, 15) is 4.79 Å². The van der Waals surface area contributed by atoms with E-state index in [0.29, 0.717) is 5.56 Å². The second kappa shape index (κ2) is 6.35. The lowest BCUT2D eigenvalue weighted by Crippen LogP contribution is -2.51. The smallest absolute Gasteiger partial charge is 0.227 e. The summed E-state index contributed by atoms with van der Waals surface area (Å²) >= 11 is 0. The van der Waals surface area contributed by atoms with E-state index in [2.05, 4.69) is 16.0 Å². The Morgan fingerprint density at radius 3 is 2.73 bits per heavy atom. The molecule has 1 aliphatic heterocycles. The summed E-state index contributed by atoms with van der Waals surface area (Å²) in [5, 5.41) is 8.84. The summed E-state index contributed by atoms with van der Waals surface area (Å²) in [5.74, 6) is 1.05. The molecule has 1 atom stereocenters. The van der Waals surface area contributed by atoms with Crippen molar-refractivity contribution in [1.82, 2.24) is 9.88 Å². The number of aromatic nitrogens is 1. The van der Waals surface area contributed by atoms with Gasteiger partial charge in [0.15, 0.2) is 0 Å². The van der Waals surface area contributed by atoms with Gasteiger partial charge in [-0.15, -0.1) is 0 Å². The molecule has 0 spiro atoms. The summed E-state index contributed by atoms with van der Waals surface area (Å²) in [6, 6.07) is 5.96. The van der Waals surface area contributed by atoms with Crippen LogP contribution in [0, 0.1) is 16.7 Å². The van der Waals surface area contributed by atoms with Crippen LogP contribution in [-0.4, -0.2) is 42.0 Å². The molecule has 1 saturated heterocycles. The van der Waals surface area contributed by atoms with Crippen molar-refractivity contribution < 1.29 is 4.79 Å². The number of amides is 1. The first-order chi connectivity index (χ1) is 10.3. The summed E-state index contributed by atoms with van der Waals surface area (Å²) in [5.41, 5.74) is 0.210. The molecule has 1 aliphatic rings. The minimum Gasteiger partial charge on any atom is -0.355 e. The summed E-state index contributed by atoms with van der Waals surface area (Å²) < 4.78 is 0. The van der Waals surface area contributed by atoms with Gasteiger partial charge in [-0.25, -0.2) is 4.98 Å². The molecule has 1 unspecified atom stereocenters. The lowest BCUT2D eigenvalue weighted by molar-refractivity contribution is -0.140. The number of nitrogens with zero attached hydrogens (tertiary/aromatic N) is 4. The van der Waals surface area contributed by atoms with E-state index >= 15 is 0 Å². The average molecular weight is 300 g/mol. The molecule has 0 aromatic carbocycles. The van der Waals surface area contributed by atoms with E-state index in [0.717, 1.165) is 31.7 Å². The number of carbonyl (C=O) groups is 1. The quantitative estimate of drug-likeness (QED) is 0.841. The molecule has 1 amide bonds. The largest absolute Gasteiger partial charge is 0.355 e. The second-order valence-electron chi connectivity index (χ2n) is 6.93. The Bertz CT molecular complexity index is 568. The maximum atomic E-state index is 12.4. The van der Waals surface area contributed by atoms with Crippen molar-refractivity contribution in [3.8, 4) is 6.07 Å². The van der Waals surface area contributed by atoms with E-state index in [1.165, 1.54) is 0 Å². The van der Waals surface area contributed by atoms with Crippen LogP contribution in [0.3, 0.4) is 0 Å². The van der Waals surface area contributed by atoms with Gasteiger partial charge in [0.1, 0.15) is 11.9 Å². The Labute approximate surface area is 132 Å². The van der Waals surface area contributed by atoms with Crippen molar-refractivity contribution in [1.29, 1.82) is 5.26 Å². The summed E-state index contributed by atoms with van der Waals surface area (Å²) in [4.78, 5) is 20.9. The van der Waals surface area contributed by atoms with Crippen molar-refractivity contribution in [3.63, 3.8) is 0 Å². The average Bonchev–Trinajstić information content (AvgIpc) is 2.53. The second-order valence-corrected chi connectivity index (χ2v) is 6.93. The predicted molar refractivity (Wildman–Crippen MR) is 86.4 cm³/mol. The van der Waals surface area contributed by atoms with E-state index in [-0.39, 0.29) is 17.4 Å². The number of piperidine rings is 1. The number of hydrogen-bond acceptors (Lipinski definition) is 4. The van der Waals surface area contributed by atoms with Gasteiger partial charge in [0.05, 0.1) is 5.56 Å². The van der Waals surface area contributed by atoms with Gasteiger partial charge in [0, 0.05) is 37.8 Å². The van der Waals surface area contributed by atoms with E-state index in [4.69, 9.17) is 5.26 Å². The van der Waals surface area contributed by atoms with Crippen LogP contribution in [0.25, 0.3) is 0 Å². The zero-order valence-corrected chi connectivity index (χ0v) is 13.8. The molecule has 0 aliphatic carbocycles. The van der Waals surface area contributed by atoms with Crippen LogP contribution in [-0.2, 0) is 4.79 Å². The molecule has 5 heteroatoms. The molecule has 2 heterocycles. The summed E-state index contributed by atoms with van der Waals surface area (Å²) in [7, 11) is 1.90. The third-order valence-electron chi connectivity index (χ3n) is 4.11. The molecular formula is C17H24N4O. The van der Waals surface area contributed by atoms with Gasteiger partial charge >= 0.3 is 0 Å². The number of rotatable bonds is 2. The van der Waals surface area contributed by atoms with Crippen molar-refractivity contribution in [3.05, 3.63) is 23.9 Å². The molecule has 0 bridgehead atoms. The molecule has 1 aromatic rings. The first kappa shape index (κ1) is 16.3. The molecule has 118 valence electrons. The van der Waals surface area contributed by atoms with Gasteiger partial charge in [-0.2, -0.15) is 5.26 Å². The molecule has 1 aromatic heterocycles. The first-order valence-corrected chi connectivity index (χ1v) is 7.71. The van der Waals surface area contributed by atoms with Crippen LogP contribution in [0.15, 0.2) is 18.3 Å². The van der Waals surface area contributed by atoms with Crippen LogP contribution >= 0.6 is 0 Å². The van der Waals surface area contributed by atoms with Crippen LogP contribution < -0.4 is 4.90 Å². The topological polar surface area (TPSA) is 60.2 Å². The third-order valence-corrected chi connectivity index (χ3v) is 4.11. The molecule has 5 nitrogen and oxygen atoms in total. The van der Waals surface area contributed by atoms with Crippen molar-refractivity contribution in [2.24, 2.45) is 5.41 Å². The van der Waals surface area contributed by atoms with Crippen LogP contribution in [0.2, 0.25) is 0 Å². The number of pyridine rings is 1. The summed E-state index contributed by atoms with van der Waals surface area (Å²) in [6.07, 6.45) is 3.65. The Balaban J connectivity index is 2.08. The molecule has 22 heavy (non-hydrogen) atoms. The predicted octanol–water partition coefficient (Wildman–Crippen LogP) is 2.43. The third kappa shape index (κ3) is 3.56. The number of hydrogen-bond donors (Lipinski definition) is 0. The molecular weight excluding hydrogens is 276 g/mol. The molecule has 0 saturated carbocycles. The minimum atomic E-state index is -0.357. The molecule has 2 rings (SSSR count). The maximum absolute atomic E-state index is 12.4.